The molecule has 0 aliphatic carbocycles. The summed E-state index contributed by atoms with van der Waals surface area (Å²) in [5, 5.41) is 1.27. The van der Waals surface area contributed by atoms with Crippen molar-refractivity contribution in [3.05, 3.63) is 0 Å². The quantitative estimate of drug-likeness (QED) is 0.514. The monoisotopic (exact) mass is 208 g/mol. The number of rotatable bonds is 3. The second-order valence-electron chi connectivity index (χ2n) is 3.11. The Bertz CT molecular complexity index is 106. The van der Waals surface area contributed by atoms with Crippen LogP contribution in [0.5, 0.6) is 0 Å². The molecule has 0 saturated heterocycles. The van der Waals surface area contributed by atoms with Crippen molar-refractivity contribution < 1.29 is 4.79 Å². The van der Waals surface area contributed by atoms with Crippen LogP contribution in [-0.2, 0) is 4.79 Å². The first-order valence-electron chi connectivity index (χ1n) is 3.07. The van der Waals surface area contributed by atoms with Crippen LogP contribution in [0, 0.1) is 0 Å². The molecule has 3 heteroatoms. The lowest BCUT2D eigenvalue weighted by molar-refractivity contribution is -0.112. The van der Waals surface area contributed by atoms with E-state index < -0.39 is 8.07 Å². The topological polar surface area (TPSA) is 17.1 Å². The molecule has 0 rings (SSSR count). The van der Waals surface area contributed by atoms with Crippen molar-refractivity contribution >= 4 is 29.4 Å². The van der Waals surface area contributed by atoms with Crippen LogP contribution < -0.4 is 0 Å². The third kappa shape index (κ3) is 3.87. The van der Waals surface area contributed by atoms with Crippen molar-refractivity contribution in [3.8, 4) is 0 Å². The molecule has 0 aromatic heterocycles. The predicted octanol–water partition coefficient (Wildman–Crippen LogP) is 2.22. The maximum absolute atomic E-state index is 11.1. The van der Waals surface area contributed by atoms with Gasteiger partial charge in [0.25, 0.3) is 0 Å². The Morgan fingerprint density at radius 3 is 2.00 bits per heavy atom. The molecule has 0 aromatic rings. The van der Waals surface area contributed by atoms with Crippen molar-refractivity contribution in [2.75, 3.05) is 5.33 Å². The minimum atomic E-state index is -1.45. The van der Waals surface area contributed by atoms with Gasteiger partial charge in [0, 0.05) is 11.8 Å². The zero-order valence-electron chi connectivity index (χ0n) is 6.20. The van der Waals surface area contributed by atoms with Gasteiger partial charge in [-0.05, 0) is 0 Å². The van der Waals surface area contributed by atoms with Gasteiger partial charge in [-0.25, -0.2) is 0 Å². The van der Waals surface area contributed by atoms with E-state index in [4.69, 9.17) is 0 Å². The lowest BCUT2D eigenvalue weighted by Crippen LogP contribution is -2.33. The number of carbonyl (C=O) groups is 1. The van der Waals surface area contributed by atoms with Gasteiger partial charge in [0.15, 0.2) is 0 Å². The van der Waals surface area contributed by atoms with Crippen molar-refractivity contribution in [1.29, 1.82) is 0 Å². The molecule has 0 unspecified atom stereocenters. The maximum Gasteiger partial charge on any atom is 0.123 e. The van der Waals surface area contributed by atoms with Crippen LogP contribution in [0.25, 0.3) is 0 Å². The Labute approximate surface area is 66.0 Å². The molecule has 0 saturated carbocycles. The maximum atomic E-state index is 11.1. The molecule has 0 N–H and O–H groups in total. The van der Waals surface area contributed by atoms with Crippen LogP contribution in [0.1, 0.15) is 6.42 Å². The fourth-order valence-corrected chi connectivity index (χ4v) is 2.06. The Morgan fingerprint density at radius 1 is 1.44 bits per heavy atom. The summed E-state index contributed by atoms with van der Waals surface area (Å²) >= 11 is 3.24. The fourth-order valence-electron chi connectivity index (χ4n) is 0.461. The first kappa shape index (κ1) is 9.37. The number of carbonyl (C=O) groups excluding carboxylic acids is 1. The highest BCUT2D eigenvalue weighted by atomic mass is 79.9. The summed E-state index contributed by atoms with van der Waals surface area (Å²) in [6.45, 7) is 6.24. The van der Waals surface area contributed by atoms with Gasteiger partial charge in [0.1, 0.15) is 13.5 Å². The van der Waals surface area contributed by atoms with Crippen LogP contribution in [-0.4, -0.2) is 18.8 Å². The van der Waals surface area contributed by atoms with E-state index in [1.165, 1.54) is 0 Å². The Hall–Kier alpha value is 0.367. The van der Waals surface area contributed by atoms with E-state index in [-0.39, 0.29) is 0 Å². The standard InChI is InChI=1S/C6H13BrOSi/c1-9(2,3)6(8)4-5-7/h4-5H2,1-3H3. The van der Waals surface area contributed by atoms with Crippen LogP contribution in [0.4, 0.5) is 0 Å². The second kappa shape index (κ2) is 3.51. The molecular weight excluding hydrogens is 196 g/mol. The second-order valence-corrected chi connectivity index (χ2v) is 8.96. The van der Waals surface area contributed by atoms with E-state index in [1.807, 2.05) is 0 Å². The average molecular weight is 209 g/mol. The molecule has 0 fully saturated rings. The van der Waals surface area contributed by atoms with Crippen LogP contribution in [0.2, 0.25) is 19.6 Å². The van der Waals surface area contributed by atoms with Crippen LogP contribution in [0.15, 0.2) is 0 Å². The number of halogens is 1. The van der Waals surface area contributed by atoms with E-state index in [1.54, 1.807) is 0 Å². The van der Waals surface area contributed by atoms with E-state index in [9.17, 15) is 4.79 Å². The van der Waals surface area contributed by atoms with E-state index in [0.29, 0.717) is 11.8 Å². The third-order valence-electron chi connectivity index (χ3n) is 1.16. The van der Waals surface area contributed by atoms with Crippen molar-refractivity contribution in [1.82, 2.24) is 0 Å². The van der Waals surface area contributed by atoms with Gasteiger partial charge in [0.05, 0.1) is 0 Å². The van der Waals surface area contributed by atoms with Gasteiger partial charge in [-0.3, -0.25) is 0 Å². The first-order valence-corrected chi connectivity index (χ1v) is 7.70. The molecule has 0 aliphatic rings. The number of hydrogen-bond donors (Lipinski definition) is 0. The van der Waals surface area contributed by atoms with Crippen molar-refractivity contribution in [3.63, 3.8) is 0 Å². The number of alkyl halides is 1. The minimum Gasteiger partial charge on any atom is -0.305 e. The lowest BCUT2D eigenvalue weighted by Gasteiger charge is -2.11. The highest BCUT2D eigenvalue weighted by molar-refractivity contribution is 9.09. The zero-order chi connectivity index (χ0) is 7.49. The number of hydrogen-bond acceptors (Lipinski definition) is 1. The van der Waals surface area contributed by atoms with Crippen LogP contribution in [0.3, 0.4) is 0 Å². The minimum absolute atomic E-state index is 0.458. The molecule has 9 heavy (non-hydrogen) atoms. The van der Waals surface area contributed by atoms with Gasteiger partial charge in [-0.15, -0.1) is 0 Å². The molecule has 1 nitrogen and oxygen atoms in total. The van der Waals surface area contributed by atoms with Gasteiger partial charge < -0.3 is 4.79 Å². The smallest absolute Gasteiger partial charge is 0.123 e. The molecule has 0 aromatic carbocycles. The summed E-state index contributed by atoms with van der Waals surface area (Å²) in [5.41, 5.74) is 0. The summed E-state index contributed by atoms with van der Waals surface area (Å²) in [6.07, 6.45) is 0.704. The Balaban J connectivity index is 3.74. The summed E-state index contributed by atoms with van der Waals surface area (Å²) in [5.74, 6) is 0. The SMILES string of the molecule is C[Si](C)(C)C(=O)CCBr. The Kier molecular flexibility index (Phi) is 3.66. The zero-order valence-corrected chi connectivity index (χ0v) is 8.79. The van der Waals surface area contributed by atoms with E-state index >= 15 is 0 Å². The molecule has 0 aliphatic heterocycles. The van der Waals surface area contributed by atoms with Gasteiger partial charge in [-0.2, -0.15) is 0 Å². The molecule has 0 radical (unpaired) electrons. The van der Waals surface area contributed by atoms with Gasteiger partial charge >= 0.3 is 0 Å². The molecule has 0 atom stereocenters. The third-order valence-corrected chi connectivity index (χ3v) is 3.48. The molecule has 0 heterocycles. The summed E-state index contributed by atoms with van der Waals surface area (Å²) < 4.78 is 0. The largest absolute Gasteiger partial charge is 0.305 e. The molecule has 0 bridgehead atoms. The predicted molar refractivity (Wildman–Crippen MR) is 46.8 cm³/mol. The normalized spacial score (nSPS) is 11.6. The lowest BCUT2D eigenvalue weighted by atomic mass is 10.6. The highest BCUT2D eigenvalue weighted by Crippen LogP contribution is 2.05. The van der Waals surface area contributed by atoms with Crippen molar-refractivity contribution in [2.45, 2.75) is 26.1 Å². The molecule has 0 spiro atoms. The fraction of sp³-hybridized carbons (Fsp3) is 0.833. The van der Waals surface area contributed by atoms with Gasteiger partial charge in [0.2, 0.25) is 0 Å². The molecular formula is C6H13BrOSi. The summed E-state index contributed by atoms with van der Waals surface area (Å²) in [7, 11) is -1.45. The summed E-state index contributed by atoms with van der Waals surface area (Å²) in [6, 6.07) is 0. The first-order chi connectivity index (χ1) is 3.98. The van der Waals surface area contributed by atoms with E-state index in [0.717, 1.165) is 5.33 Å². The molecule has 0 amide bonds. The van der Waals surface area contributed by atoms with E-state index in [2.05, 4.69) is 35.6 Å². The Morgan fingerprint density at radius 2 is 1.89 bits per heavy atom. The average Bonchev–Trinajstić information content (AvgIpc) is 1.64. The highest BCUT2D eigenvalue weighted by Gasteiger charge is 2.22. The van der Waals surface area contributed by atoms with Crippen molar-refractivity contribution in [2.24, 2.45) is 0 Å². The van der Waals surface area contributed by atoms with Crippen LogP contribution >= 0.6 is 15.9 Å². The van der Waals surface area contributed by atoms with Gasteiger partial charge in [-0.1, -0.05) is 35.6 Å². The summed E-state index contributed by atoms with van der Waals surface area (Å²) in [4.78, 5) is 11.1. The molecule has 54 valence electrons.